The number of anilines is 1. The Kier molecular flexibility index (Phi) is 4.54. The minimum atomic E-state index is -3.11. The molecule has 1 aliphatic heterocycles. The molecule has 1 aromatic carbocycles. The number of nitro benzene ring substituents is 1. The summed E-state index contributed by atoms with van der Waals surface area (Å²) in [4.78, 5) is 12.2. The molecule has 8 nitrogen and oxygen atoms in total. The van der Waals surface area contributed by atoms with Gasteiger partial charge < -0.3 is 9.64 Å². The van der Waals surface area contributed by atoms with E-state index in [0.29, 0.717) is 18.8 Å². The van der Waals surface area contributed by atoms with Gasteiger partial charge in [-0.05, 0) is 18.9 Å². The number of aromatic nitrogens is 3. The van der Waals surface area contributed by atoms with Crippen LogP contribution in [0.15, 0.2) is 30.6 Å². The van der Waals surface area contributed by atoms with Crippen LogP contribution in [0.3, 0.4) is 0 Å². The second-order valence-corrected chi connectivity index (χ2v) is 5.39. The highest BCUT2D eigenvalue weighted by atomic mass is 19.3. The number of benzene rings is 1. The van der Waals surface area contributed by atoms with Crippen LogP contribution >= 0.6 is 0 Å². The molecule has 0 unspecified atom stereocenters. The molecule has 0 saturated carbocycles. The van der Waals surface area contributed by atoms with Gasteiger partial charge in [-0.2, -0.15) is 8.78 Å². The Balaban J connectivity index is 1.74. The predicted molar refractivity (Wildman–Crippen MR) is 80.2 cm³/mol. The molecule has 0 N–H and O–H groups in total. The zero-order valence-corrected chi connectivity index (χ0v) is 12.6. The Morgan fingerprint density at radius 2 is 2.08 bits per heavy atom. The molecule has 3 rings (SSSR count). The van der Waals surface area contributed by atoms with Crippen molar-refractivity contribution in [3.05, 3.63) is 40.7 Å². The number of alkyl halides is 2. The van der Waals surface area contributed by atoms with E-state index in [4.69, 9.17) is 0 Å². The van der Waals surface area contributed by atoms with Crippen LogP contribution in [0.2, 0.25) is 0 Å². The van der Waals surface area contributed by atoms with Crippen LogP contribution in [0.25, 0.3) is 0 Å². The van der Waals surface area contributed by atoms with Gasteiger partial charge in [0.1, 0.15) is 0 Å². The molecule has 0 spiro atoms. The van der Waals surface area contributed by atoms with E-state index in [1.807, 2.05) is 4.90 Å². The second-order valence-electron chi connectivity index (χ2n) is 5.39. The topological polar surface area (TPSA) is 86.3 Å². The summed E-state index contributed by atoms with van der Waals surface area (Å²) in [6, 6.07) is 4.27. The van der Waals surface area contributed by atoms with E-state index >= 15 is 0 Å². The molecule has 0 radical (unpaired) electrons. The highest BCUT2D eigenvalue weighted by Crippen LogP contribution is 2.34. The molecule has 1 aliphatic rings. The number of ether oxygens (including phenoxy) is 1. The maximum atomic E-state index is 12.5. The third-order valence-electron chi connectivity index (χ3n) is 4.00. The summed E-state index contributed by atoms with van der Waals surface area (Å²) in [6.07, 6.45) is 5.05. The SMILES string of the molecule is O=[N+]([O-])c1ccc(N2CCC(n3ccnn3)CC2)cc1OC(F)F. The maximum absolute atomic E-state index is 12.5. The molecular formula is C14H15F2N5O3. The third kappa shape index (κ3) is 3.42. The van der Waals surface area contributed by atoms with Crippen molar-refractivity contribution in [2.24, 2.45) is 0 Å². The highest BCUT2D eigenvalue weighted by Gasteiger charge is 2.24. The van der Waals surface area contributed by atoms with Crippen molar-refractivity contribution in [1.29, 1.82) is 0 Å². The highest BCUT2D eigenvalue weighted by molar-refractivity contribution is 5.59. The van der Waals surface area contributed by atoms with Crippen molar-refractivity contribution in [3.63, 3.8) is 0 Å². The molecule has 128 valence electrons. The monoisotopic (exact) mass is 339 g/mol. The summed E-state index contributed by atoms with van der Waals surface area (Å²) in [6.45, 7) is -1.76. The molecule has 0 aliphatic carbocycles. The molecule has 1 saturated heterocycles. The molecule has 10 heteroatoms. The number of nitro groups is 1. The zero-order valence-electron chi connectivity index (χ0n) is 12.6. The molecule has 1 fully saturated rings. The van der Waals surface area contributed by atoms with Crippen LogP contribution in [0.5, 0.6) is 5.75 Å². The van der Waals surface area contributed by atoms with Crippen molar-refractivity contribution < 1.29 is 18.4 Å². The van der Waals surface area contributed by atoms with Gasteiger partial charge >= 0.3 is 12.3 Å². The maximum Gasteiger partial charge on any atom is 0.387 e. The number of nitrogens with zero attached hydrogens (tertiary/aromatic N) is 5. The number of hydrogen-bond acceptors (Lipinski definition) is 6. The van der Waals surface area contributed by atoms with E-state index in [9.17, 15) is 18.9 Å². The molecule has 2 heterocycles. The average Bonchev–Trinajstić information content (AvgIpc) is 3.08. The van der Waals surface area contributed by atoms with Gasteiger partial charge in [-0.3, -0.25) is 10.1 Å². The van der Waals surface area contributed by atoms with E-state index in [1.54, 1.807) is 23.1 Å². The number of halogens is 2. The van der Waals surface area contributed by atoms with Crippen molar-refractivity contribution in [1.82, 2.24) is 15.0 Å². The molecular weight excluding hydrogens is 324 g/mol. The summed E-state index contributed by atoms with van der Waals surface area (Å²) in [5.74, 6) is -0.425. The molecule has 0 atom stereocenters. The van der Waals surface area contributed by atoms with Gasteiger partial charge in [-0.1, -0.05) is 5.21 Å². The largest absolute Gasteiger partial charge is 0.427 e. The summed E-state index contributed by atoms with van der Waals surface area (Å²) >= 11 is 0. The van der Waals surface area contributed by atoms with E-state index in [0.717, 1.165) is 12.8 Å². The summed E-state index contributed by atoms with van der Waals surface area (Å²) in [7, 11) is 0. The van der Waals surface area contributed by atoms with E-state index in [1.165, 1.54) is 12.1 Å². The number of piperidine rings is 1. The Labute approximate surface area is 135 Å². The lowest BCUT2D eigenvalue weighted by Gasteiger charge is -2.33. The quantitative estimate of drug-likeness (QED) is 0.615. The molecule has 1 aromatic heterocycles. The number of hydrogen-bond donors (Lipinski definition) is 0. The fourth-order valence-electron chi connectivity index (χ4n) is 2.84. The van der Waals surface area contributed by atoms with Crippen LogP contribution in [-0.4, -0.2) is 39.6 Å². The summed E-state index contributed by atoms with van der Waals surface area (Å²) in [5, 5.41) is 18.7. The Hall–Kier alpha value is -2.78. The van der Waals surface area contributed by atoms with Gasteiger partial charge in [0.15, 0.2) is 0 Å². The first-order valence-corrected chi connectivity index (χ1v) is 7.38. The van der Waals surface area contributed by atoms with Crippen molar-refractivity contribution in [3.8, 4) is 5.75 Å². The first kappa shape index (κ1) is 16.1. The zero-order chi connectivity index (χ0) is 17.1. The summed E-state index contributed by atoms with van der Waals surface area (Å²) < 4.78 is 31.0. The lowest BCUT2D eigenvalue weighted by molar-refractivity contribution is -0.386. The fraction of sp³-hybridized carbons (Fsp3) is 0.429. The number of rotatable bonds is 5. The minimum absolute atomic E-state index is 0.235. The van der Waals surface area contributed by atoms with Gasteiger partial charge in [-0.15, -0.1) is 5.10 Å². The van der Waals surface area contributed by atoms with Crippen molar-refractivity contribution in [2.45, 2.75) is 25.5 Å². The van der Waals surface area contributed by atoms with Crippen LogP contribution < -0.4 is 9.64 Å². The average molecular weight is 339 g/mol. The standard InChI is InChI=1S/C14H15F2N5O3/c15-14(16)24-13-9-11(1-2-12(13)21(22)23)19-6-3-10(4-7-19)20-8-5-17-18-20/h1-2,5,8-10,14H,3-4,6-7H2. The Morgan fingerprint density at radius 3 is 2.67 bits per heavy atom. The van der Waals surface area contributed by atoms with Crippen LogP contribution in [0.1, 0.15) is 18.9 Å². The molecule has 0 bridgehead atoms. The normalized spacial score (nSPS) is 15.7. The molecule has 2 aromatic rings. The summed E-state index contributed by atoms with van der Waals surface area (Å²) in [5.41, 5.74) is 0.143. The van der Waals surface area contributed by atoms with E-state index in [2.05, 4.69) is 15.0 Å². The van der Waals surface area contributed by atoms with Gasteiger partial charge in [0.05, 0.1) is 17.2 Å². The predicted octanol–water partition coefficient (Wildman–Crippen LogP) is 2.63. The van der Waals surface area contributed by atoms with Gasteiger partial charge in [0, 0.05) is 37.1 Å². The Bertz CT molecular complexity index is 702. The Morgan fingerprint density at radius 1 is 1.33 bits per heavy atom. The van der Waals surface area contributed by atoms with Crippen molar-refractivity contribution in [2.75, 3.05) is 18.0 Å². The van der Waals surface area contributed by atoms with Gasteiger partial charge in [0.2, 0.25) is 5.75 Å². The van der Waals surface area contributed by atoms with Crippen LogP contribution in [0, 0.1) is 10.1 Å². The minimum Gasteiger partial charge on any atom is -0.427 e. The van der Waals surface area contributed by atoms with Crippen LogP contribution in [0.4, 0.5) is 20.2 Å². The van der Waals surface area contributed by atoms with Crippen molar-refractivity contribution >= 4 is 11.4 Å². The fourth-order valence-corrected chi connectivity index (χ4v) is 2.84. The first-order valence-electron chi connectivity index (χ1n) is 7.38. The van der Waals surface area contributed by atoms with Crippen LogP contribution in [-0.2, 0) is 0 Å². The van der Waals surface area contributed by atoms with E-state index < -0.39 is 23.0 Å². The smallest absolute Gasteiger partial charge is 0.387 e. The van der Waals surface area contributed by atoms with Gasteiger partial charge in [-0.25, -0.2) is 4.68 Å². The first-order chi connectivity index (χ1) is 11.5. The second kappa shape index (κ2) is 6.77. The lowest BCUT2D eigenvalue weighted by atomic mass is 10.0. The third-order valence-corrected chi connectivity index (χ3v) is 4.00. The van der Waals surface area contributed by atoms with Gasteiger partial charge in [0.25, 0.3) is 0 Å². The molecule has 24 heavy (non-hydrogen) atoms. The molecule has 0 amide bonds. The van der Waals surface area contributed by atoms with E-state index in [-0.39, 0.29) is 6.04 Å². The lowest BCUT2D eigenvalue weighted by Crippen LogP contribution is -2.34.